The molecule has 0 saturated heterocycles. The molecule has 0 amide bonds. The van der Waals surface area contributed by atoms with E-state index in [2.05, 4.69) is 120 Å². The molecular weight excluding hydrogens is 550 g/mol. The standard InChI is InChI=1S/C40H33N5/c1-2-36(45-41)29-19-17-28(18-20-29)35-26-25-27-11-9-10-16-34(27)37(35)30-21-23-33(24-22-30)40-43-38(31-12-5-3-6-13-31)42-39(44-40)32-14-7-4-8-15-32/h2-26,40,45H,41H2,1H3,(H,42,43,44)/b36-2-. The Labute approximate surface area is 263 Å². The first-order valence-electron chi connectivity index (χ1n) is 15.1. The van der Waals surface area contributed by atoms with E-state index in [1.165, 1.54) is 21.9 Å². The van der Waals surface area contributed by atoms with Crippen LogP contribution in [0, 0.1) is 0 Å². The fraction of sp³-hybridized carbons (Fsp3) is 0.0500. The van der Waals surface area contributed by atoms with E-state index in [9.17, 15) is 0 Å². The molecule has 0 spiro atoms. The van der Waals surface area contributed by atoms with E-state index in [4.69, 9.17) is 15.8 Å². The van der Waals surface area contributed by atoms with Crippen LogP contribution in [0.25, 0.3) is 38.7 Å². The number of amidine groups is 2. The van der Waals surface area contributed by atoms with E-state index in [1.54, 1.807) is 0 Å². The molecule has 0 saturated carbocycles. The van der Waals surface area contributed by atoms with Crippen LogP contribution >= 0.6 is 0 Å². The van der Waals surface area contributed by atoms with Crippen LogP contribution < -0.4 is 16.6 Å². The van der Waals surface area contributed by atoms with Crippen LogP contribution in [0.2, 0.25) is 0 Å². The molecule has 6 aromatic carbocycles. The van der Waals surface area contributed by atoms with E-state index in [0.717, 1.165) is 44.9 Å². The van der Waals surface area contributed by atoms with Crippen molar-refractivity contribution in [2.75, 3.05) is 0 Å². The summed E-state index contributed by atoms with van der Waals surface area (Å²) in [6.07, 6.45) is 1.69. The van der Waals surface area contributed by atoms with Gasteiger partial charge in [-0.1, -0.05) is 152 Å². The van der Waals surface area contributed by atoms with Crippen molar-refractivity contribution in [3.63, 3.8) is 0 Å². The lowest BCUT2D eigenvalue weighted by molar-refractivity contribution is 0.674. The molecule has 45 heavy (non-hydrogen) atoms. The Bertz CT molecular complexity index is 2040. The summed E-state index contributed by atoms with van der Waals surface area (Å²) in [5.41, 5.74) is 12.5. The van der Waals surface area contributed by atoms with Crippen LogP contribution in [0.15, 0.2) is 162 Å². The maximum atomic E-state index is 5.73. The zero-order valence-corrected chi connectivity index (χ0v) is 25.0. The van der Waals surface area contributed by atoms with E-state index >= 15 is 0 Å². The van der Waals surface area contributed by atoms with Gasteiger partial charge in [0.15, 0.2) is 5.84 Å². The van der Waals surface area contributed by atoms with E-state index in [-0.39, 0.29) is 6.17 Å². The lowest BCUT2D eigenvalue weighted by Crippen LogP contribution is -2.33. The molecule has 6 aromatic rings. The average Bonchev–Trinajstić information content (AvgIpc) is 3.12. The van der Waals surface area contributed by atoms with Gasteiger partial charge < -0.3 is 10.7 Å². The number of hydrogen-bond donors (Lipinski definition) is 3. The van der Waals surface area contributed by atoms with Crippen LogP contribution in [-0.2, 0) is 0 Å². The molecule has 5 heteroatoms. The van der Waals surface area contributed by atoms with Crippen molar-refractivity contribution in [3.8, 4) is 22.3 Å². The normalized spacial score (nSPS) is 14.8. The van der Waals surface area contributed by atoms with Crippen LogP contribution in [-0.4, -0.2) is 11.7 Å². The maximum absolute atomic E-state index is 5.73. The highest BCUT2D eigenvalue weighted by Gasteiger charge is 2.21. The molecule has 1 atom stereocenters. The average molecular weight is 584 g/mol. The molecule has 0 radical (unpaired) electrons. The zero-order valence-electron chi connectivity index (χ0n) is 25.0. The molecule has 218 valence electrons. The molecule has 1 unspecified atom stereocenters. The first-order valence-corrected chi connectivity index (χ1v) is 15.1. The molecule has 4 N–H and O–H groups in total. The van der Waals surface area contributed by atoms with Gasteiger partial charge in [-0.05, 0) is 51.1 Å². The summed E-state index contributed by atoms with van der Waals surface area (Å²) in [5, 5.41) is 6.00. The van der Waals surface area contributed by atoms with Crippen molar-refractivity contribution in [1.82, 2.24) is 10.7 Å². The Morgan fingerprint density at radius 1 is 0.667 bits per heavy atom. The van der Waals surface area contributed by atoms with Crippen LogP contribution in [0.4, 0.5) is 0 Å². The highest BCUT2D eigenvalue weighted by Crippen LogP contribution is 2.39. The van der Waals surface area contributed by atoms with Gasteiger partial charge in [0.25, 0.3) is 0 Å². The minimum Gasteiger partial charge on any atom is -0.344 e. The third-order valence-corrected chi connectivity index (χ3v) is 8.22. The second kappa shape index (κ2) is 12.4. The number of hydrogen-bond acceptors (Lipinski definition) is 5. The summed E-state index contributed by atoms with van der Waals surface area (Å²) < 4.78 is 0. The van der Waals surface area contributed by atoms with Gasteiger partial charge in [-0.2, -0.15) is 0 Å². The number of nitrogens with two attached hydrogens (primary N) is 1. The summed E-state index contributed by atoms with van der Waals surface area (Å²) in [7, 11) is 0. The summed E-state index contributed by atoms with van der Waals surface area (Å²) >= 11 is 0. The summed E-state index contributed by atoms with van der Waals surface area (Å²) in [5.74, 6) is 7.26. The van der Waals surface area contributed by atoms with Gasteiger partial charge in [0, 0.05) is 11.1 Å². The Balaban J connectivity index is 1.29. The molecule has 0 aromatic heterocycles. The van der Waals surface area contributed by atoms with Crippen molar-refractivity contribution < 1.29 is 0 Å². The lowest BCUT2D eigenvalue weighted by atomic mass is 9.89. The monoisotopic (exact) mass is 583 g/mol. The van der Waals surface area contributed by atoms with Gasteiger partial charge in [0.1, 0.15) is 12.0 Å². The molecule has 0 bridgehead atoms. The highest BCUT2D eigenvalue weighted by atomic mass is 15.2. The van der Waals surface area contributed by atoms with E-state index in [0.29, 0.717) is 5.84 Å². The van der Waals surface area contributed by atoms with E-state index < -0.39 is 0 Å². The predicted octanol–water partition coefficient (Wildman–Crippen LogP) is 8.49. The second-order valence-corrected chi connectivity index (χ2v) is 10.9. The predicted molar refractivity (Wildman–Crippen MR) is 188 cm³/mol. The highest BCUT2D eigenvalue weighted by molar-refractivity contribution is 6.13. The Morgan fingerprint density at radius 2 is 1.31 bits per heavy atom. The third-order valence-electron chi connectivity index (χ3n) is 8.22. The van der Waals surface area contributed by atoms with E-state index in [1.807, 2.05) is 49.4 Å². The molecule has 5 nitrogen and oxygen atoms in total. The first-order chi connectivity index (χ1) is 22.2. The summed E-state index contributed by atoms with van der Waals surface area (Å²) in [6, 6.07) is 50.6. The van der Waals surface area contributed by atoms with Crippen molar-refractivity contribution in [2.45, 2.75) is 13.1 Å². The van der Waals surface area contributed by atoms with Crippen LogP contribution in [0.3, 0.4) is 0 Å². The molecule has 1 heterocycles. The lowest BCUT2D eigenvalue weighted by Gasteiger charge is -2.24. The molecule has 0 aliphatic carbocycles. The maximum Gasteiger partial charge on any atom is 0.159 e. The van der Waals surface area contributed by atoms with Gasteiger partial charge in [0.2, 0.25) is 0 Å². The minimum absolute atomic E-state index is 0.279. The smallest absolute Gasteiger partial charge is 0.159 e. The topological polar surface area (TPSA) is 74.8 Å². The Morgan fingerprint density at radius 3 is 2.00 bits per heavy atom. The van der Waals surface area contributed by atoms with Crippen LogP contribution in [0.1, 0.15) is 35.3 Å². The number of fused-ring (bicyclic) bond motifs is 1. The van der Waals surface area contributed by atoms with Gasteiger partial charge in [-0.25, -0.2) is 9.98 Å². The molecule has 0 fully saturated rings. The number of nitrogens with one attached hydrogen (secondary N) is 2. The number of hydrazine groups is 1. The van der Waals surface area contributed by atoms with Gasteiger partial charge in [-0.15, -0.1) is 0 Å². The second-order valence-electron chi connectivity index (χ2n) is 10.9. The first kappa shape index (κ1) is 28.0. The zero-order chi connectivity index (χ0) is 30.6. The van der Waals surface area contributed by atoms with Crippen molar-refractivity contribution >= 4 is 28.1 Å². The quantitative estimate of drug-likeness (QED) is 0.130. The Hall–Kier alpha value is -5.78. The largest absolute Gasteiger partial charge is 0.344 e. The third kappa shape index (κ3) is 5.65. The summed E-state index contributed by atoms with van der Waals surface area (Å²) in [4.78, 5) is 9.96. The minimum atomic E-state index is -0.279. The fourth-order valence-electron chi connectivity index (χ4n) is 5.90. The number of benzene rings is 6. The van der Waals surface area contributed by atoms with Gasteiger partial charge >= 0.3 is 0 Å². The Kier molecular flexibility index (Phi) is 7.75. The van der Waals surface area contributed by atoms with Crippen molar-refractivity contribution in [2.24, 2.45) is 15.8 Å². The van der Waals surface area contributed by atoms with Crippen molar-refractivity contribution in [1.29, 1.82) is 0 Å². The summed E-state index contributed by atoms with van der Waals surface area (Å²) in [6.45, 7) is 1.97. The molecule has 1 aliphatic heterocycles. The number of aliphatic imine (C=N–C) groups is 2. The van der Waals surface area contributed by atoms with Gasteiger partial charge in [-0.3, -0.25) is 5.84 Å². The molecule has 1 aliphatic rings. The number of nitrogens with zero attached hydrogens (tertiary/aromatic N) is 2. The molecule has 7 rings (SSSR count). The number of allylic oxidation sites excluding steroid dienone is 1. The number of rotatable bonds is 7. The fourth-order valence-corrected chi connectivity index (χ4v) is 5.90. The van der Waals surface area contributed by atoms with Gasteiger partial charge in [0.05, 0.1) is 5.70 Å². The van der Waals surface area contributed by atoms with Crippen LogP contribution in [0.5, 0.6) is 0 Å². The molecular formula is C40H33N5. The van der Waals surface area contributed by atoms with Crippen molar-refractivity contribution in [3.05, 3.63) is 174 Å². The SMILES string of the molecule is C/C=C(\NN)c1ccc(-c2ccc3ccccc3c2-c2ccc(C3N=C(c4ccccc4)N=C(c4ccccc4)N3)cc2)cc1.